The normalized spacial score (nSPS) is 13.0. The Bertz CT molecular complexity index is 1060. The maximum absolute atomic E-state index is 12.7. The lowest BCUT2D eigenvalue weighted by Crippen LogP contribution is -2.29. The molecule has 0 fully saturated rings. The number of hydrogen-bond donors (Lipinski definition) is 2. The van der Waals surface area contributed by atoms with Crippen molar-refractivity contribution in [2.24, 2.45) is 0 Å². The van der Waals surface area contributed by atoms with Crippen LogP contribution in [0.25, 0.3) is 10.2 Å². The number of carbonyl (C=O) groups excluding carboxylic acids is 1. The number of carbonyl (C=O) groups is 1. The molecule has 8 heteroatoms. The van der Waals surface area contributed by atoms with Crippen molar-refractivity contribution in [3.8, 4) is 11.5 Å². The minimum absolute atomic E-state index is 0.233. The molecule has 2 N–H and O–H groups in total. The number of nitrogens with one attached hydrogen (secondary N) is 2. The van der Waals surface area contributed by atoms with E-state index in [9.17, 15) is 4.79 Å². The van der Waals surface area contributed by atoms with Crippen molar-refractivity contribution >= 4 is 33.3 Å². The lowest BCUT2D eigenvalue weighted by atomic mass is 9.97. The molecule has 0 saturated heterocycles. The molecular weight excluding hydrogens is 400 g/mol. The predicted molar refractivity (Wildman–Crippen MR) is 119 cm³/mol. The Kier molecular flexibility index (Phi) is 6.03. The summed E-state index contributed by atoms with van der Waals surface area (Å²) in [4.78, 5) is 24.5. The fourth-order valence-electron chi connectivity index (χ4n) is 3.91. The van der Waals surface area contributed by atoms with E-state index in [1.807, 2.05) is 6.92 Å². The molecule has 0 bridgehead atoms. The number of fused-ring (bicyclic) bond motifs is 3. The molecule has 158 valence electrons. The highest BCUT2D eigenvalue weighted by Crippen LogP contribution is 2.38. The quantitative estimate of drug-likeness (QED) is 0.560. The van der Waals surface area contributed by atoms with Crippen molar-refractivity contribution < 1.29 is 14.3 Å². The summed E-state index contributed by atoms with van der Waals surface area (Å²) in [5.41, 5.74) is 1.79. The summed E-state index contributed by atoms with van der Waals surface area (Å²) in [5.74, 6) is 2.35. The number of methoxy groups -OCH3 is 2. The minimum Gasteiger partial charge on any atom is -0.496 e. The summed E-state index contributed by atoms with van der Waals surface area (Å²) in [6, 6.07) is 5.28. The fourth-order valence-corrected chi connectivity index (χ4v) is 5.22. The number of amides is 1. The molecule has 0 unspecified atom stereocenters. The van der Waals surface area contributed by atoms with Crippen LogP contribution in [0.15, 0.2) is 18.2 Å². The van der Waals surface area contributed by atoms with Gasteiger partial charge in [-0.05, 0) is 50.3 Å². The number of benzene rings is 1. The Morgan fingerprint density at radius 3 is 2.57 bits per heavy atom. The first kappa shape index (κ1) is 20.4. The van der Waals surface area contributed by atoms with Crippen molar-refractivity contribution in [3.05, 3.63) is 40.0 Å². The maximum atomic E-state index is 12.7. The lowest BCUT2D eigenvalue weighted by Gasteiger charge is -2.14. The van der Waals surface area contributed by atoms with Crippen LogP contribution in [0.1, 0.15) is 39.5 Å². The molecule has 7 nitrogen and oxygen atoms in total. The zero-order valence-electron chi connectivity index (χ0n) is 17.5. The van der Waals surface area contributed by atoms with Gasteiger partial charge in [-0.15, -0.1) is 11.3 Å². The number of nitrogens with zero attached hydrogens (tertiary/aromatic N) is 2. The van der Waals surface area contributed by atoms with Crippen molar-refractivity contribution in [1.29, 1.82) is 0 Å². The van der Waals surface area contributed by atoms with Crippen LogP contribution in [0.5, 0.6) is 11.5 Å². The van der Waals surface area contributed by atoms with E-state index in [0.29, 0.717) is 30.2 Å². The van der Waals surface area contributed by atoms with Crippen molar-refractivity contribution in [2.75, 3.05) is 32.6 Å². The van der Waals surface area contributed by atoms with Crippen LogP contribution in [0, 0.1) is 6.92 Å². The Labute approximate surface area is 179 Å². The van der Waals surface area contributed by atoms with E-state index in [4.69, 9.17) is 9.47 Å². The second-order valence-corrected chi connectivity index (χ2v) is 8.31. The monoisotopic (exact) mass is 426 g/mol. The van der Waals surface area contributed by atoms with Gasteiger partial charge < -0.3 is 20.1 Å². The standard InChI is InChI=1S/C22H26N4O3S/c1-13-25-20(18-14-7-4-5-10-17(14)30-22(18)26-13)23-11-12-24-21(27)19-15(28-2)8-6-9-16(19)29-3/h6,8-9H,4-5,7,10-12H2,1-3H3,(H,24,27)(H,23,25,26). The Morgan fingerprint density at radius 2 is 1.83 bits per heavy atom. The molecule has 1 aromatic carbocycles. The predicted octanol–water partition coefficient (Wildman–Crippen LogP) is 3.74. The third-order valence-electron chi connectivity index (χ3n) is 5.28. The molecule has 2 heterocycles. The fraction of sp³-hybridized carbons (Fsp3) is 0.409. The van der Waals surface area contributed by atoms with Crippen molar-refractivity contribution in [1.82, 2.24) is 15.3 Å². The van der Waals surface area contributed by atoms with Gasteiger partial charge >= 0.3 is 0 Å². The van der Waals surface area contributed by atoms with Gasteiger partial charge in [0.05, 0.1) is 19.6 Å². The molecule has 3 aromatic rings. The number of thiophene rings is 1. The van der Waals surface area contributed by atoms with Gasteiger partial charge in [-0.25, -0.2) is 9.97 Å². The molecule has 1 aliphatic rings. The first-order chi connectivity index (χ1) is 14.6. The Hall–Kier alpha value is -2.87. The Balaban J connectivity index is 1.46. The highest BCUT2D eigenvalue weighted by Gasteiger charge is 2.21. The van der Waals surface area contributed by atoms with Crippen LogP contribution in [-0.2, 0) is 12.8 Å². The maximum Gasteiger partial charge on any atom is 0.258 e. The van der Waals surface area contributed by atoms with E-state index in [-0.39, 0.29) is 5.91 Å². The summed E-state index contributed by atoms with van der Waals surface area (Å²) in [6.07, 6.45) is 4.67. The molecule has 2 aromatic heterocycles. The van der Waals surface area contributed by atoms with Gasteiger partial charge in [-0.2, -0.15) is 0 Å². The van der Waals surface area contributed by atoms with E-state index >= 15 is 0 Å². The van der Waals surface area contributed by atoms with Crippen LogP contribution in [0.4, 0.5) is 5.82 Å². The van der Waals surface area contributed by atoms with Crippen molar-refractivity contribution in [3.63, 3.8) is 0 Å². The van der Waals surface area contributed by atoms with Gasteiger partial charge in [0, 0.05) is 18.0 Å². The summed E-state index contributed by atoms with van der Waals surface area (Å²) in [6.45, 7) is 2.91. The molecule has 4 rings (SSSR count). The number of aromatic nitrogens is 2. The summed E-state index contributed by atoms with van der Waals surface area (Å²) < 4.78 is 10.6. The molecule has 30 heavy (non-hydrogen) atoms. The van der Waals surface area contributed by atoms with Gasteiger partial charge in [0.25, 0.3) is 5.91 Å². The third-order valence-corrected chi connectivity index (χ3v) is 6.47. The van der Waals surface area contributed by atoms with E-state index in [1.54, 1.807) is 29.5 Å². The number of ether oxygens (including phenoxy) is 2. The van der Waals surface area contributed by atoms with Crippen molar-refractivity contribution in [2.45, 2.75) is 32.6 Å². The molecule has 0 spiro atoms. The van der Waals surface area contributed by atoms with E-state index < -0.39 is 0 Å². The number of rotatable bonds is 7. The number of hydrogen-bond acceptors (Lipinski definition) is 7. The van der Waals surface area contributed by atoms with Gasteiger partial charge in [0.1, 0.15) is 33.5 Å². The third kappa shape index (κ3) is 3.92. The summed E-state index contributed by atoms with van der Waals surface area (Å²) in [7, 11) is 3.08. The number of aryl methyl sites for hydroxylation is 3. The van der Waals surface area contributed by atoms with E-state index in [2.05, 4.69) is 20.6 Å². The molecule has 1 aliphatic carbocycles. The highest BCUT2D eigenvalue weighted by atomic mass is 32.1. The average Bonchev–Trinajstić information content (AvgIpc) is 3.13. The average molecular weight is 427 g/mol. The van der Waals surface area contributed by atoms with Crippen LogP contribution < -0.4 is 20.1 Å². The molecule has 0 saturated carbocycles. The van der Waals surface area contributed by atoms with Crippen LogP contribution >= 0.6 is 11.3 Å². The zero-order valence-corrected chi connectivity index (χ0v) is 18.3. The van der Waals surface area contributed by atoms with Crippen LogP contribution in [0.2, 0.25) is 0 Å². The molecule has 1 amide bonds. The van der Waals surface area contributed by atoms with E-state index in [0.717, 1.165) is 34.7 Å². The molecule has 0 atom stereocenters. The van der Waals surface area contributed by atoms with Crippen LogP contribution in [0.3, 0.4) is 0 Å². The van der Waals surface area contributed by atoms with Gasteiger partial charge in [-0.3, -0.25) is 4.79 Å². The van der Waals surface area contributed by atoms with Gasteiger partial charge in [0.15, 0.2) is 0 Å². The zero-order chi connectivity index (χ0) is 21.1. The first-order valence-corrected chi connectivity index (χ1v) is 11.0. The second kappa shape index (κ2) is 8.87. The SMILES string of the molecule is COc1cccc(OC)c1C(=O)NCCNc1nc(C)nc2sc3c(c12)CCCC3. The molecule has 0 radical (unpaired) electrons. The highest BCUT2D eigenvalue weighted by molar-refractivity contribution is 7.19. The topological polar surface area (TPSA) is 85.4 Å². The summed E-state index contributed by atoms with van der Waals surface area (Å²) >= 11 is 1.79. The van der Waals surface area contributed by atoms with Crippen LogP contribution in [-0.4, -0.2) is 43.2 Å². The number of anilines is 1. The van der Waals surface area contributed by atoms with Gasteiger partial charge in [0.2, 0.25) is 0 Å². The minimum atomic E-state index is -0.233. The first-order valence-electron chi connectivity index (χ1n) is 10.1. The molecule has 0 aliphatic heterocycles. The second-order valence-electron chi connectivity index (χ2n) is 7.23. The van der Waals surface area contributed by atoms with E-state index in [1.165, 1.54) is 37.5 Å². The summed E-state index contributed by atoms with van der Waals surface area (Å²) in [5, 5.41) is 7.49. The Morgan fingerprint density at radius 1 is 1.10 bits per heavy atom. The largest absolute Gasteiger partial charge is 0.496 e. The van der Waals surface area contributed by atoms with Gasteiger partial charge in [-0.1, -0.05) is 6.07 Å². The smallest absolute Gasteiger partial charge is 0.258 e. The lowest BCUT2D eigenvalue weighted by molar-refractivity contribution is 0.0949. The molecular formula is C22H26N4O3S.